The first-order valence-electron chi connectivity index (χ1n) is 8.38. The molecule has 0 aromatic heterocycles. The quantitative estimate of drug-likeness (QED) is 0.541. The Labute approximate surface area is 143 Å². The number of aryl methyl sites for hydroxylation is 1. The van der Waals surface area contributed by atoms with E-state index in [2.05, 4.69) is 26.0 Å². The molecule has 0 spiro atoms. The Kier molecular flexibility index (Phi) is 4.51. The average molecular weight is 331 g/mol. The molecule has 0 saturated heterocycles. The molecule has 1 aliphatic rings. The average Bonchev–Trinajstić information content (AvgIpc) is 2.88. The maximum atomic E-state index is 14.5. The number of rotatable bonds is 3. The van der Waals surface area contributed by atoms with E-state index in [0.29, 0.717) is 17.4 Å². The van der Waals surface area contributed by atoms with E-state index in [9.17, 15) is 4.39 Å². The van der Waals surface area contributed by atoms with Gasteiger partial charge in [0, 0.05) is 11.4 Å². The number of halogens is 2. The lowest BCUT2D eigenvalue weighted by Crippen LogP contribution is -2.16. The Hall–Kier alpha value is -1.34. The molecule has 1 atom stereocenters. The molecular formula is C21H24ClF. The van der Waals surface area contributed by atoms with E-state index in [1.807, 2.05) is 25.1 Å². The zero-order valence-electron chi connectivity index (χ0n) is 14.1. The van der Waals surface area contributed by atoms with E-state index < -0.39 is 0 Å². The van der Waals surface area contributed by atoms with E-state index in [-0.39, 0.29) is 11.2 Å². The Bertz CT molecular complexity index is 718. The molecule has 2 aromatic carbocycles. The molecule has 3 rings (SSSR count). The lowest BCUT2D eigenvalue weighted by atomic mass is 9.75. The van der Waals surface area contributed by atoms with Gasteiger partial charge in [-0.3, -0.25) is 0 Å². The van der Waals surface area contributed by atoms with Crippen molar-refractivity contribution in [3.63, 3.8) is 0 Å². The highest BCUT2D eigenvalue weighted by Crippen LogP contribution is 2.51. The molecule has 0 bridgehead atoms. The second kappa shape index (κ2) is 6.28. The predicted octanol–water partition coefficient (Wildman–Crippen LogP) is 6.83. The standard InChI is InChI=1S/C21H24ClF/c1-14-6-9-20(23)18(11-14)16-8-7-15(13-22)12-17(16)19-5-4-10-21(19,2)3/h6-9,11-12,19H,4-5,10,13H2,1-3H3/t19-/m1/s1. The lowest BCUT2D eigenvalue weighted by molar-refractivity contribution is 0.332. The molecule has 0 amide bonds. The zero-order valence-corrected chi connectivity index (χ0v) is 14.9. The molecule has 0 nitrogen and oxygen atoms in total. The first-order chi connectivity index (χ1) is 10.9. The molecule has 1 aliphatic carbocycles. The molecule has 0 N–H and O–H groups in total. The van der Waals surface area contributed by atoms with Crippen LogP contribution in [0, 0.1) is 18.2 Å². The van der Waals surface area contributed by atoms with Gasteiger partial charge in [-0.15, -0.1) is 11.6 Å². The van der Waals surface area contributed by atoms with Gasteiger partial charge in [-0.25, -0.2) is 4.39 Å². The van der Waals surface area contributed by atoms with E-state index in [4.69, 9.17) is 11.6 Å². The first-order valence-corrected chi connectivity index (χ1v) is 8.91. The smallest absolute Gasteiger partial charge is 0.131 e. The van der Waals surface area contributed by atoms with Gasteiger partial charge < -0.3 is 0 Å². The molecule has 122 valence electrons. The van der Waals surface area contributed by atoms with Crippen LogP contribution in [0.5, 0.6) is 0 Å². The van der Waals surface area contributed by atoms with Crippen LogP contribution in [0.1, 0.15) is 55.7 Å². The van der Waals surface area contributed by atoms with E-state index >= 15 is 0 Å². The van der Waals surface area contributed by atoms with Crippen molar-refractivity contribution in [1.82, 2.24) is 0 Å². The Morgan fingerprint density at radius 1 is 1.13 bits per heavy atom. The van der Waals surface area contributed by atoms with Gasteiger partial charge in [-0.2, -0.15) is 0 Å². The molecular weight excluding hydrogens is 307 g/mol. The van der Waals surface area contributed by atoms with Gasteiger partial charge in [0.25, 0.3) is 0 Å². The van der Waals surface area contributed by atoms with E-state index in [1.54, 1.807) is 6.07 Å². The fraction of sp³-hybridized carbons (Fsp3) is 0.429. The largest absolute Gasteiger partial charge is 0.206 e. The fourth-order valence-corrected chi connectivity index (χ4v) is 4.14. The highest BCUT2D eigenvalue weighted by atomic mass is 35.5. The Balaban J connectivity index is 2.19. The summed E-state index contributed by atoms with van der Waals surface area (Å²) in [6.45, 7) is 6.66. The summed E-state index contributed by atoms with van der Waals surface area (Å²) in [4.78, 5) is 0. The van der Waals surface area contributed by atoms with Gasteiger partial charge in [-0.05, 0) is 59.9 Å². The minimum atomic E-state index is -0.147. The van der Waals surface area contributed by atoms with E-state index in [0.717, 1.165) is 16.7 Å². The minimum absolute atomic E-state index is 0.147. The second-order valence-electron chi connectivity index (χ2n) is 7.47. The van der Waals surface area contributed by atoms with Gasteiger partial charge >= 0.3 is 0 Å². The van der Waals surface area contributed by atoms with Crippen molar-refractivity contribution in [3.8, 4) is 11.1 Å². The summed E-state index contributed by atoms with van der Waals surface area (Å²) in [7, 11) is 0. The monoisotopic (exact) mass is 330 g/mol. The molecule has 0 aliphatic heterocycles. The molecule has 0 radical (unpaired) electrons. The highest BCUT2D eigenvalue weighted by Gasteiger charge is 2.37. The lowest BCUT2D eigenvalue weighted by Gasteiger charge is -2.30. The Morgan fingerprint density at radius 3 is 2.57 bits per heavy atom. The molecule has 2 heteroatoms. The Morgan fingerprint density at radius 2 is 1.91 bits per heavy atom. The summed E-state index contributed by atoms with van der Waals surface area (Å²) in [6.07, 6.45) is 3.62. The molecule has 2 aromatic rings. The molecule has 23 heavy (non-hydrogen) atoms. The van der Waals surface area contributed by atoms with Crippen molar-refractivity contribution in [3.05, 3.63) is 58.9 Å². The number of hydrogen-bond acceptors (Lipinski definition) is 0. The van der Waals surface area contributed by atoms with Gasteiger partial charge in [-0.1, -0.05) is 50.1 Å². The fourth-order valence-electron chi connectivity index (χ4n) is 3.98. The number of alkyl halides is 1. The van der Waals surface area contributed by atoms with Gasteiger partial charge in [0.15, 0.2) is 0 Å². The van der Waals surface area contributed by atoms with Crippen LogP contribution in [-0.2, 0) is 5.88 Å². The number of benzene rings is 2. The van der Waals surface area contributed by atoms with Crippen LogP contribution in [-0.4, -0.2) is 0 Å². The van der Waals surface area contributed by atoms with Gasteiger partial charge in [0.2, 0.25) is 0 Å². The maximum absolute atomic E-state index is 14.5. The third-order valence-electron chi connectivity index (χ3n) is 5.31. The van der Waals surface area contributed by atoms with Crippen LogP contribution >= 0.6 is 11.6 Å². The summed E-state index contributed by atoms with van der Waals surface area (Å²) in [5.41, 5.74) is 5.44. The first kappa shape index (κ1) is 16.5. The highest BCUT2D eigenvalue weighted by molar-refractivity contribution is 6.17. The predicted molar refractivity (Wildman–Crippen MR) is 96.5 cm³/mol. The van der Waals surface area contributed by atoms with Crippen molar-refractivity contribution < 1.29 is 4.39 Å². The second-order valence-corrected chi connectivity index (χ2v) is 7.74. The summed E-state index contributed by atoms with van der Waals surface area (Å²) in [6, 6.07) is 11.6. The van der Waals surface area contributed by atoms with Gasteiger partial charge in [0.1, 0.15) is 5.82 Å². The molecule has 0 heterocycles. The van der Waals surface area contributed by atoms with Crippen molar-refractivity contribution in [2.45, 2.75) is 51.8 Å². The summed E-state index contributed by atoms with van der Waals surface area (Å²) in [5.74, 6) is 0.809. The van der Waals surface area contributed by atoms with Crippen LogP contribution in [0.2, 0.25) is 0 Å². The minimum Gasteiger partial charge on any atom is -0.206 e. The normalized spacial score (nSPS) is 20.0. The third kappa shape index (κ3) is 3.17. The van der Waals surface area contributed by atoms with Crippen LogP contribution in [0.15, 0.2) is 36.4 Å². The number of hydrogen-bond donors (Lipinski definition) is 0. The van der Waals surface area contributed by atoms with Crippen molar-refractivity contribution >= 4 is 11.6 Å². The maximum Gasteiger partial charge on any atom is 0.131 e. The van der Waals surface area contributed by atoms with Crippen molar-refractivity contribution in [2.24, 2.45) is 5.41 Å². The van der Waals surface area contributed by atoms with Crippen molar-refractivity contribution in [2.75, 3.05) is 0 Å². The molecule has 1 saturated carbocycles. The van der Waals surface area contributed by atoms with Gasteiger partial charge in [0.05, 0.1) is 0 Å². The van der Waals surface area contributed by atoms with Crippen LogP contribution < -0.4 is 0 Å². The summed E-state index contributed by atoms with van der Waals surface area (Å²) < 4.78 is 14.5. The van der Waals surface area contributed by atoms with Crippen LogP contribution in [0.4, 0.5) is 4.39 Å². The summed E-state index contributed by atoms with van der Waals surface area (Å²) >= 11 is 6.06. The third-order valence-corrected chi connectivity index (χ3v) is 5.62. The summed E-state index contributed by atoms with van der Waals surface area (Å²) in [5, 5.41) is 0. The topological polar surface area (TPSA) is 0 Å². The molecule has 0 unspecified atom stereocenters. The molecule has 1 fully saturated rings. The zero-order chi connectivity index (χ0) is 16.6. The van der Waals surface area contributed by atoms with E-state index in [1.165, 1.54) is 24.8 Å². The van der Waals surface area contributed by atoms with Crippen LogP contribution in [0.25, 0.3) is 11.1 Å². The van der Waals surface area contributed by atoms with Crippen molar-refractivity contribution in [1.29, 1.82) is 0 Å². The SMILES string of the molecule is Cc1ccc(F)c(-c2ccc(CCl)cc2[C@H]2CCCC2(C)C)c1. The van der Waals surface area contributed by atoms with Crippen LogP contribution in [0.3, 0.4) is 0 Å².